The van der Waals surface area contributed by atoms with E-state index in [1.54, 1.807) is 7.11 Å². The molecule has 0 spiro atoms. The predicted octanol–water partition coefficient (Wildman–Crippen LogP) is -0.0941. The maximum atomic E-state index is 11.4. The molecule has 1 aromatic rings. The highest BCUT2D eigenvalue weighted by atomic mass is 16.5. The van der Waals surface area contributed by atoms with Crippen LogP contribution in [-0.2, 0) is 32.0 Å². The lowest BCUT2D eigenvalue weighted by molar-refractivity contribution is -0.125. The fraction of sp³-hybridized carbons (Fsp3) is 0.692. The van der Waals surface area contributed by atoms with Crippen molar-refractivity contribution in [2.24, 2.45) is 0 Å². The zero-order valence-corrected chi connectivity index (χ0v) is 11.9. The van der Waals surface area contributed by atoms with Crippen molar-refractivity contribution < 1.29 is 19.0 Å². The number of hydrogen-bond donors (Lipinski definition) is 1. The number of methoxy groups -OCH3 is 2. The quantitative estimate of drug-likeness (QED) is 0.757. The summed E-state index contributed by atoms with van der Waals surface area (Å²) in [5, 5.41) is 7.31. The molecular weight excluding hydrogens is 262 g/mol. The van der Waals surface area contributed by atoms with E-state index in [0.29, 0.717) is 26.3 Å². The summed E-state index contributed by atoms with van der Waals surface area (Å²) in [6.45, 7) is 2.45. The van der Waals surface area contributed by atoms with Crippen LogP contribution < -0.4 is 5.32 Å². The first-order valence-electron chi connectivity index (χ1n) is 6.67. The fourth-order valence-electron chi connectivity index (χ4n) is 2.17. The van der Waals surface area contributed by atoms with Gasteiger partial charge >= 0.3 is 0 Å². The van der Waals surface area contributed by atoms with E-state index in [1.165, 1.54) is 12.7 Å². The molecule has 7 heteroatoms. The van der Waals surface area contributed by atoms with E-state index >= 15 is 0 Å². The first-order chi connectivity index (χ1) is 9.74. The Labute approximate surface area is 118 Å². The number of carbonyl (C=O) groups is 1. The van der Waals surface area contributed by atoms with Gasteiger partial charge in [-0.3, -0.25) is 9.48 Å². The highest BCUT2D eigenvalue weighted by molar-refractivity contribution is 5.77. The molecule has 0 aromatic carbocycles. The van der Waals surface area contributed by atoms with E-state index in [-0.39, 0.29) is 18.6 Å². The van der Waals surface area contributed by atoms with E-state index in [4.69, 9.17) is 14.2 Å². The molecule has 0 fully saturated rings. The molecule has 0 aliphatic carbocycles. The van der Waals surface area contributed by atoms with E-state index in [9.17, 15) is 4.79 Å². The predicted molar refractivity (Wildman–Crippen MR) is 71.4 cm³/mol. The molecule has 1 amide bonds. The first-order valence-corrected chi connectivity index (χ1v) is 6.67. The molecular formula is C13H21N3O4. The highest BCUT2D eigenvalue weighted by Crippen LogP contribution is 2.25. The Bertz CT molecular complexity index is 447. The minimum atomic E-state index is -0.191. The molecule has 2 heterocycles. The second kappa shape index (κ2) is 7.37. The van der Waals surface area contributed by atoms with E-state index in [0.717, 1.165) is 12.1 Å². The van der Waals surface area contributed by atoms with Gasteiger partial charge < -0.3 is 19.5 Å². The van der Waals surface area contributed by atoms with Gasteiger partial charge in [0.25, 0.3) is 0 Å². The zero-order chi connectivity index (χ0) is 14.4. The molecule has 1 aliphatic heterocycles. The lowest BCUT2D eigenvalue weighted by atomic mass is 10.1. The van der Waals surface area contributed by atoms with Crippen LogP contribution in [0.5, 0.6) is 0 Å². The van der Waals surface area contributed by atoms with Gasteiger partial charge in [-0.2, -0.15) is 5.10 Å². The van der Waals surface area contributed by atoms with Crippen LogP contribution in [-0.4, -0.2) is 56.3 Å². The highest BCUT2D eigenvalue weighted by Gasteiger charge is 2.25. The first kappa shape index (κ1) is 15.0. The molecule has 2 rings (SSSR count). The number of hydrogen-bond acceptors (Lipinski definition) is 5. The summed E-state index contributed by atoms with van der Waals surface area (Å²) in [6.07, 6.45) is 2.69. The van der Waals surface area contributed by atoms with Crippen molar-refractivity contribution in [3.05, 3.63) is 17.5 Å². The molecule has 1 aliphatic rings. The summed E-state index contributed by atoms with van der Waals surface area (Å²) < 4.78 is 17.4. The standard InChI is InChI=1S/C13H21N3O4/c1-18-6-4-16-8-10-3-5-20-11(13(10)15-16)7-14-12(17)9-19-2/h8,11H,3-7,9H2,1-2H3,(H,14,17)/t11-/m1/s1. The maximum absolute atomic E-state index is 11.4. The Morgan fingerprint density at radius 1 is 1.55 bits per heavy atom. The molecule has 112 valence electrons. The smallest absolute Gasteiger partial charge is 0.246 e. The van der Waals surface area contributed by atoms with Crippen molar-refractivity contribution in [2.75, 3.05) is 40.6 Å². The molecule has 0 radical (unpaired) electrons. The summed E-state index contributed by atoms with van der Waals surface area (Å²) in [7, 11) is 3.16. The summed E-state index contributed by atoms with van der Waals surface area (Å²) in [5.41, 5.74) is 2.09. The van der Waals surface area contributed by atoms with Crippen molar-refractivity contribution in [1.82, 2.24) is 15.1 Å². The molecule has 20 heavy (non-hydrogen) atoms. The van der Waals surface area contributed by atoms with Crippen LogP contribution in [0.4, 0.5) is 0 Å². The van der Waals surface area contributed by atoms with E-state index in [1.807, 2.05) is 10.9 Å². The topological polar surface area (TPSA) is 74.6 Å². The van der Waals surface area contributed by atoms with Crippen LogP contribution in [0.2, 0.25) is 0 Å². The van der Waals surface area contributed by atoms with Crippen molar-refractivity contribution in [3.8, 4) is 0 Å². The second-order valence-corrected chi connectivity index (χ2v) is 4.64. The number of aromatic nitrogens is 2. The third-order valence-electron chi connectivity index (χ3n) is 3.15. The largest absolute Gasteiger partial charge is 0.383 e. The molecule has 1 aromatic heterocycles. The minimum Gasteiger partial charge on any atom is -0.383 e. The number of carbonyl (C=O) groups excluding carboxylic acids is 1. The number of fused-ring (bicyclic) bond motifs is 1. The van der Waals surface area contributed by atoms with Gasteiger partial charge in [0.05, 0.1) is 25.5 Å². The summed E-state index contributed by atoms with van der Waals surface area (Å²) in [6, 6.07) is 0. The van der Waals surface area contributed by atoms with Gasteiger partial charge in [-0.1, -0.05) is 0 Å². The van der Waals surface area contributed by atoms with Crippen LogP contribution in [0.3, 0.4) is 0 Å². The van der Waals surface area contributed by atoms with Gasteiger partial charge in [0.15, 0.2) is 0 Å². The zero-order valence-electron chi connectivity index (χ0n) is 11.9. The van der Waals surface area contributed by atoms with Gasteiger partial charge in [0.2, 0.25) is 5.91 Å². The van der Waals surface area contributed by atoms with Gasteiger partial charge in [-0.25, -0.2) is 0 Å². The average Bonchev–Trinajstić information content (AvgIpc) is 2.86. The van der Waals surface area contributed by atoms with Crippen LogP contribution in [0, 0.1) is 0 Å². The Kier molecular flexibility index (Phi) is 5.51. The SMILES string of the molecule is COCCn1cc2c(n1)[C@@H](CNC(=O)COC)OCC2. The molecule has 1 atom stereocenters. The normalized spacial score (nSPS) is 17.8. The number of nitrogens with one attached hydrogen (secondary N) is 1. The third kappa shape index (κ3) is 3.78. The second-order valence-electron chi connectivity index (χ2n) is 4.64. The molecule has 0 unspecified atom stereocenters. The molecule has 1 N–H and O–H groups in total. The minimum absolute atomic E-state index is 0.0574. The lowest BCUT2D eigenvalue weighted by Crippen LogP contribution is -2.33. The number of ether oxygens (including phenoxy) is 3. The average molecular weight is 283 g/mol. The van der Waals surface area contributed by atoms with Crippen LogP contribution in [0.1, 0.15) is 17.4 Å². The van der Waals surface area contributed by atoms with Gasteiger partial charge in [-0.15, -0.1) is 0 Å². The van der Waals surface area contributed by atoms with Crippen LogP contribution in [0.25, 0.3) is 0 Å². The maximum Gasteiger partial charge on any atom is 0.246 e. The van der Waals surface area contributed by atoms with Crippen molar-refractivity contribution >= 4 is 5.91 Å². The van der Waals surface area contributed by atoms with E-state index < -0.39 is 0 Å². The molecule has 0 saturated carbocycles. The van der Waals surface area contributed by atoms with Gasteiger partial charge in [0, 0.05) is 27.0 Å². The third-order valence-corrected chi connectivity index (χ3v) is 3.15. The van der Waals surface area contributed by atoms with E-state index in [2.05, 4.69) is 10.4 Å². The van der Waals surface area contributed by atoms with Crippen LogP contribution in [0.15, 0.2) is 6.20 Å². The number of nitrogens with zero attached hydrogens (tertiary/aromatic N) is 2. The van der Waals surface area contributed by atoms with Gasteiger partial charge in [0.1, 0.15) is 12.7 Å². The summed E-state index contributed by atoms with van der Waals surface area (Å²) in [5.74, 6) is -0.151. The number of amides is 1. The summed E-state index contributed by atoms with van der Waals surface area (Å²) in [4.78, 5) is 11.4. The molecule has 0 saturated heterocycles. The Hall–Kier alpha value is -1.44. The molecule has 7 nitrogen and oxygen atoms in total. The lowest BCUT2D eigenvalue weighted by Gasteiger charge is -2.22. The van der Waals surface area contributed by atoms with Gasteiger partial charge in [-0.05, 0) is 12.0 Å². The van der Waals surface area contributed by atoms with Crippen molar-refractivity contribution in [3.63, 3.8) is 0 Å². The Balaban J connectivity index is 1.96. The van der Waals surface area contributed by atoms with Crippen LogP contribution >= 0.6 is 0 Å². The van der Waals surface area contributed by atoms with Crippen molar-refractivity contribution in [1.29, 1.82) is 0 Å². The summed E-state index contributed by atoms with van der Waals surface area (Å²) >= 11 is 0. The Morgan fingerprint density at radius 2 is 2.40 bits per heavy atom. The monoisotopic (exact) mass is 283 g/mol. The fourth-order valence-corrected chi connectivity index (χ4v) is 2.17. The Morgan fingerprint density at radius 3 is 3.15 bits per heavy atom. The number of rotatable bonds is 7. The van der Waals surface area contributed by atoms with Crippen molar-refractivity contribution in [2.45, 2.75) is 19.1 Å². The molecule has 0 bridgehead atoms.